The largest absolute Gasteiger partial charge is 0.394 e. The standard InChI is InChI=1S/C26H36ClN3O4S/c1-5-11-28-23(32)20-19-12-15(4)26(35-19)21(20)25(34)30(18(13-31)14(3)6-2)22(26)24(33)29-17-9-7-16(27)8-10-17/h7-10,14-15,18-22,31H,5-6,11-13H2,1-4H3,(H,28,32)(H,29,33)/t14-,15?,18-,19+,20-,21-,22?,26?/m0/s1. The first-order valence-corrected chi connectivity index (χ1v) is 13.9. The number of carbonyl (C=O) groups is 3. The highest BCUT2D eigenvalue weighted by atomic mass is 35.5. The van der Waals surface area contributed by atoms with E-state index in [2.05, 4.69) is 17.6 Å². The Kier molecular flexibility index (Phi) is 7.74. The van der Waals surface area contributed by atoms with E-state index in [0.717, 1.165) is 19.3 Å². The monoisotopic (exact) mass is 521 g/mol. The van der Waals surface area contributed by atoms with Crippen LogP contribution in [0.15, 0.2) is 24.3 Å². The van der Waals surface area contributed by atoms with Gasteiger partial charge in [0.25, 0.3) is 0 Å². The summed E-state index contributed by atoms with van der Waals surface area (Å²) in [6, 6.07) is 5.60. The highest BCUT2D eigenvalue weighted by Crippen LogP contribution is 2.69. The number of rotatable bonds is 9. The molecule has 35 heavy (non-hydrogen) atoms. The van der Waals surface area contributed by atoms with E-state index in [9.17, 15) is 19.5 Å². The fraction of sp³-hybridized carbons (Fsp3) is 0.654. The molecule has 2 bridgehead atoms. The summed E-state index contributed by atoms with van der Waals surface area (Å²) >= 11 is 7.66. The van der Waals surface area contributed by atoms with E-state index in [4.69, 9.17) is 11.6 Å². The van der Waals surface area contributed by atoms with Gasteiger partial charge in [-0.05, 0) is 48.9 Å². The van der Waals surface area contributed by atoms with E-state index in [0.29, 0.717) is 17.3 Å². The minimum absolute atomic E-state index is 0.0000341. The van der Waals surface area contributed by atoms with E-state index in [1.54, 1.807) is 40.9 Å². The lowest BCUT2D eigenvalue weighted by atomic mass is 9.66. The molecule has 0 radical (unpaired) electrons. The summed E-state index contributed by atoms with van der Waals surface area (Å²) in [7, 11) is 0. The van der Waals surface area contributed by atoms with Crippen molar-refractivity contribution in [1.82, 2.24) is 10.2 Å². The zero-order valence-corrected chi connectivity index (χ0v) is 22.4. The number of aliphatic hydroxyl groups excluding tert-OH is 1. The number of nitrogens with zero attached hydrogens (tertiary/aromatic N) is 1. The highest BCUT2D eigenvalue weighted by molar-refractivity contribution is 8.02. The molecule has 4 rings (SSSR count). The molecule has 3 heterocycles. The molecule has 192 valence electrons. The Bertz CT molecular complexity index is 976. The minimum atomic E-state index is -0.782. The maximum absolute atomic E-state index is 14.2. The third-order valence-corrected chi connectivity index (χ3v) is 10.6. The van der Waals surface area contributed by atoms with Crippen molar-refractivity contribution in [2.45, 2.75) is 69.0 Å². The van der Waals surface area contributed by atoms with Gasteiger partial charge in [-0.2, -0.15) is 0 Å². The second-order valence-corrected chi connectivity index (χ2v) is 12.2. The first-order valence-electron chi connectivity index (χ1n) is 12.7. The van der Waals surface area contributed by atoms with Gasteiger partial charge in [-0.25, -0.2) is 0 Å². The van der Waals surface area contributed by atoms with E-state index >= 15 is 0 Å². The average Bonchev–Trinajstić information content (AvgIpc) is 3.43. The van der Waals surface area contributed by atoms with Crippen molar-refractivity contribution in [3.8, 4) is 0 Å². The molecule has 9 heteroatoms. The minimum Gasteiger partial charge on any atom is -0.394 e. The maximum atomic E-state index is 14.2. The normalized spacial score (nSPS) is 32.9. The molecule has 1 aromatic rings. The molecule has 1 aromatic carbocycles. The highest BCUT2D eigenvalue weighted by Gasteiger charge is 2.76. The fourth-order valence-electron chi connectivity index (χ4n) is 6.34. The van der Waals surface area contributed by atoms with Crippen LogP contribution in [0.1, 0.15) is 47.0 Å². The summed E-state index contributed by atoms with van der Waals surface area (Å²) in [6.45, 7) is 8.43. The molecule has 0 aliphatic carbocycles. The smallest absolute Gasteiger partial charge is 0.248 e. The van der Waals surface area contributed by atoms with Gasteiger partial charge in [0, 0.05) is 22.5 Å². The number of aliphatic hydroxyl groups is 1. The van der Waals surface area contributed by atoms with Crippen molar-refractivity contribution in [2.24, 2.45) is 23.7 Å². The summed E-state index contributed by atoms with van der Waals surface area (Å²) in [5.74, 6) is -1.55. The predicted molar refractivity (Wildman–Crippen MR) is 139 cm³/mol. The van der Waals surface area contributed by atoms with Crippen LogP contribution in [0.25, 0.3) is 0 Å². The molecule has 3 aliphatic rings. The van der Waals surface area contributed by atoms with Crippen molar-refractivity contribution in [2.75, 3.05) is 18.5 Å². The second kappa shape index (κ2) is 10.3. The maximum Gasteiger partial charge on any atom is 0.248 e. The number of hydrogen-bond acceptors (Lipinski definition) is 5. The van der Waals surface area contributed by atoms with E-state index in [1.807, 2.05) is 20.8 Å². The molecule has 0 aromatic heterocycles. The van der Waals surface area contributed by atoms with Gasteiger partial charge in [-0.1, -0.05) is 45.7 Å². The second-order valence-electron chi connectivity index (χ2n) is 10.2. The van der Waals surface area contributed by atoms with Crippen molar-refractivity contribution >= 4 is 46.8 Å². The van der Waals surface area contributed by atoms with Crippen LogP contribution in [-0.2, 0) is 14.4 Å². The molecule has 3 saturated heterocycles. The fourth-order valence-corrected chi connectivity index (χ4v) is 8.88. The quantitative estimate of drug-likeness (QED) is 0.461. The molecule has 8 atom stereocenters. The summed E-state index contributed by atoms with van der Waals surface area (Å²) in [5.41, 5.74) is 0.596. The third kappa shape index (κ3) is 4.25. The zero-order chi connectivity index (χ0) is 25.5. The topological polar surface area (TPSA) is 98.7 Å². The molecular formula is C26H36ClN3O4S. The van der Waals surface area contributed by atoms with Crippen molar-refractivity contribution in [3.05, 3.63) is 29.3 Å². The Morgan fingerprint density at radius 1 is 1.26 bits per heavy atom. The number of fused-ring (bicyclic) bond motifs is 1. The van der Waals surface area contributed by atoms with Crippen LogP contribution in [0.5, 0.6) is 0 Å². The van der Waals surface area contributed by atoms with Crippen LogP contribution >= 0.6 is 23.4 Å². The number of benzene rings is 1. The van der Waals surface area contributed by atoms with E-state index in [1.165, 1.54) is 0 Å². The van der Waals surface area contributed by atoms with Gasteiger partial charge in [0.05, 0.1) is 29.2 Å². The molecule has 3 N–H and O–H groups in total. The third-order valence-electron chi connectivity index (χ3n) is 8.24. The molecular weight excluding hydrogens is 486 g/mol. The lowest BCUT2D eigenvalue weighted by Gasteiger charge is -2.41. The van der Waals surface area contributed by atoms with Crippen LogP contribution < -0.4 is 10.6 Å². The summed E-state index contributed by atoms with van der Waals surface area (Å²) < 4.78 is -0.715. The van der Waals surface area contributed by atoms with Crippen molar-refractivity contribution in [3.63, 3.8) is 0 Å². The number of likely N-dealkylation sites (tertiary alicyclic amines) is 1. The Labute approximate surface area is 216 Å². The lowest BCUT2D eigenvalue weighted by molar-refractivity contribution is -0.143. The van der Waals surface area contributed by atoms with Gasteiger partial charge < -0.3 is 20.6 Å². The van der Waals surface area contributed by atoms with Crippen LogP contribution in [0.3, 0.4) is 0 Å². The average molecular weight is 522 g/mol. The molecule has 3 fully saturated rings. The molecule has 1 spiro atoms. The predicted octanol–water partition coefficient (Wildman–Crippen LogP) is 3.55. The van der Waals surface area contributed by atoms with Crippen LogP contribution in [0.2, 0.25) is 5.02 Å². The molecule has 3 aliphatic heterocycles. The lowest BCUT2D eigenvalue weighted by Crippen LogP contribution is -2.58. The molecule has 7 nitrogen and oxygen atoms in total. The van der Waals surface area contributed by atoms with Gasteiger partial charge in [0.15, 0.2) is 0 Å². The number of halogens is 1. The first kappa shape index (κ1) is 26.3. The number of anilines is 1. The SMILES string of the molecule is CCCNC(=O)[C@@H]1[C@H]2C(=O)N([C@@H](CO)[C@@H](C)CC)C(C(=O)Nc3ccc(Cl)cc3)C23S[C@@H]1CC3C. The van der Waals surface area contributed by atoms with Crippen LogP contribution in [0, 0.1) is 23.7 Å². The van der Waals surface area contributed by atoms with E-state index in [-0.39, 0.29) is 41.4 Å². The van der Waals surface area contributed by atoms with Gasteiger partial charge in [0.1, 0.15) is 6.04 Å². The molecule has 3 amide bonds. The van der Waals surface area contributed by atoms with Gasteiger partial charge in [0.2, 0.25) is 17.7 Å². The Morgan fingerprint density at radius 2 is 1.94 bits per heavy atom. The summed E-state index contributed by atoms with van der Waals surface area (Å²) in [5, 5.41) is 17.0. The Hall–Kier alpha value is -1.77. The van der Waals surface area contributed by atoms with Gasteiger partial charge in [-0.3, -0.25) is 14.4 Å². The van der Waals surface area contributed by atoms with Crippen molar-refractivity contribution in [1.29, 1.82) is 0 Å². The Morgan fingerprint density at radius 3 is 2.54 bits per heavy atom. The van der Waals surface area contributed by atoms with Crippen molar-refractivity contribution < 1.29 is 19.5 Å². The first-order chi connectivity index (χ1) is 16.7. The number of nitrogens with one attached hydrogen (secondary N) is 2. The Balaban J connectivity index is 1.77. The summed E-state index contributed by atoms with van der Waals surface area (Å²) in [6.07, 6.45) is 2.35. The zero-order valence-electron chi connectivity index (χ0n) is 20.8. The van der Waals surface area contributed by atoms with E-state index < -0.39 is 28.7 Å². The van der Waals surface area contributed by atoms with Crippen LogP contribution in [-0.4, -0.2) is 63.0 Å². The van der Waals surface area contributed by atoms with Gasteiger partial charge in [-0.15, -0.1) is 11.8 Å². The number of amides is 3. The molecule has 0 saturated carbocycles. The van der Waals surface area contributed by atoms with Crippen LogP contribution in [0.4, 0.5) is 5.69 Å². The summed E-state index contributed by atoms with van der Waals surface area (Å²) in [4.78, 5) is 43.0. The number of thioether (sulfide) groups is 1. The van der Waals surface area contributed by atoms with Gasteiger partial charge >= 0.3 is 0 Å². The molecule has 3 unspecified atom stereocenters. The number of carbonyl (C=O) groups excluding carboxylic acids is 3. The number of hydrogen-bond donors (Lipinski definition) is 3.